The van der Waals surface area contributed by atoms with Gasteiger partial charge in [0.25, 0.3) is 5.95 Å². The van der Waals surface area contributed by atoms with Crippen LogP contribution in [0.2, 0.25) is 0 Å². The number of carbonyl (C=O) groups excluding carboxylic acids is 1. The molecule has 0 saturated carbocycles. The molecule has 0 radical (unpaired) electrons. The summed E-state index contributed by atoms with van der Waals surface area (Å²) in [4.78, 5) is 18.7. The summed E-state index contributed by atoms with van der Waals surface area (Å²) in [6, 6.07) is 12.1. The van der Waals surface area contributed by atoms with Crippen LogP contribution in [0.25, 0.3) is 0 Å². The Labute approximate surface area is 198 Å². The smallest absolute Gasteiger partial charge is 0.324 e. The molecule has 5 rings (SSSR count). The number of urea groups is 1. The van der Waals surface area contributed by atoms with Crippen molar-refractivity contribution in [1.29, 1.82) is 0 Å². The van der Waals surface area contributed by atoms with Crippen LogP contribution in [0.5, 0.6) is 5.75 Å². The topological polar surface area (TPSA) is 107 Å². The van der Waals surface area contributed by atoms with Crippen LogP contribution in [0.15, 0.2) is 42.6 Å². The van der Waals surface area contributed by atoms with Gasteiger partial charge in [-0.1, -0.05) is 23.3 Å². The third-order valence-corrected chi connectivity index (χ3v) is 6.72. The second-order valence-corrected chi connectivity index (χ2v) is 9.12. The number of likely N-dealkylation sites (tertiary alicyclic amines) is 1. The molecular weight excluding hydrogens is 434 g/mol. The first-order valence-electron chi connectivity index (χ1n) is 11.6. The molecule has 2 aliphatic rings. The number of benzene rings is 1. The van der Waals surface area contributed by atoms with Crippen LogP contribution in [-0.2, 0) is 18.4 Å². The molecule has 2 aliphatic heterocycles. The van der Waals surface area contributed by atoms with Crippen LogP contribution in [0.1, 0.15) is 42.0 Å². The van der Waals surface area contributed by atoms with Crippen molar-refractivity contribution in [3.8, 4) is 5.75 Å². The summed E-state index contributed by atoms with van der Waals surface area (Å²) in [5.41, 5.74) is 3.14. The van der Waals surface area contributed by atoms with Gasteiger partial charge in [-0.05, 0) is 65.9 Å². The van der Waals surface area contributed by atoms with Crippen LogP contribution in [0.3, 0.4) is 0 Å². The van der Waals surface area contributed by atoms with E-state index < -0.39 is 0 Å². The number of nitrogens with one attached hydrogen (secondary N) is 1. The summed E-state index contributed by atoms with van der Waals surface area (Å²) in [5, 5.41) is 13.8. The summed E-state index contributed by atoms with van der Waals surface area (Å²) >= 11 is 0. The highest BCUT2D eigenvalue weighted by molar-refractivity contribution is 5.87. The quantitative estimate of drug-likeness (QED) is 0.620. The molecule has 0 aliphatic carbocycles. The second kappa shape index (κ2) is 9.38. The van der Waals surface area contributed by atoms with Crippen molar-refractivity contribution in [1.82, 2.24) is 30.1 Å². The second-order valence-electron chi connectivity index (χ2n) is 9.12. The van der Waals surface area contributed by atoms with Gasteiger partial charge in [0.05, 0.1) is 17.9 Å². The largest absolute Gasteiger partial charge is 0.487 e. The molecule has 2 saturated heterocycles. The van der Waals surface area contributed by atoms with Crippen LogP contribution < -0.4 is 10.1 Å². The zero-order valence-electron chi connectivity index (χ0n) is 19.5. The molecule has 3 aromatic rings. The van der Waals surface area contributed by atoms with Crippen LogP contribution in [0.4, 0.5) is 10.7 Å². The third kappa shape index (κ3) is 4.86. The fourth-order valence-electron chi connectivity index (χ4n) is 4.61. The highest BCUT2D eigenvalue weighted by Crippen LogP contribution is 2.43. The number of aromatic nitrogens is 5. The van der Waals surface area contributed by atoms with E-state index in [1.807, 2.05) is 37.4 Å². The molecule has 2 amide bonds. The van der Waals surface area contributed by atoms with Gasteiger partial charge in [0.2, 0.25) is 0 Å². The Bertz CT molecular complexity index is 1120. The van der Waals surface area contributed by atoms with Crippen molar-refractivity contribution in [2.24, 2.45) is 7.05 Å². The minimum atomic E-state index is -0.182. The Kier molecular flexibility index (Phi) is 6.14. The lowest BCUT2D eigenvalue weighted by atomic mass is 9.83. The standard InChI is InChI=1S/C24H29N7O3/c1-17-3-6-20(25-14-17)16-33-21-7-4-18(5-8-21)19-13-24(34-15-19)9-11-31(12-10-24)23(32)26-22-27-28-29-30(22)2/h3-8,14,19H,9-13,15-16H2,1-2H3,(H,26,27,29,32)/t19-/m0/s1. The molecular formula is C24H29N7O3. The zero-order valence-corrected chi connectivity index (χ0v) is 19.5. The molecule has 2 fully saturated rings. The summed E-state index contributed by atoms with van der Waals surface area (Å²) in [7, 11) is 1.69. The lowest BCUT2D eigenvalue weighted by Crippen LogP contribution is -2.48. The van der Waals surface area contributed by atoms with Gasteiger partial charge in [0.15, 0.2) is 0 Å². The molecule has 4 heterocycles. The molecule has 178 valence electrons. The number of piperidine rings is 1. The summed E-state index contributed by atoms with van der Waals surface area (Å²) in [6.07, 6.45) is 4.45. The molecule has 1 aromatic carbocycles. The SMILES string of the molecule is Cc1ccc(COc2ccc([C@@H]3COC4(CCN(C(=O)Nc5nnnn5C)CC4)C3)cc2)nc1. The first-order valence-corrected chi connectivity index (χ1v) is 11.6. The van der Waals surface area contributed by atoms with Crippen molar-refractivity contribution in [2.75, 3.05) is 25.0 Å². The maximum absolute atomic E-state index is 12.5. The van der Waals surface area contributed by atoms with E-state index in [1.54, 1.807) is 11.9 Å². The molecule has 1 N–H and O–H groups in total. The molecule has 10 heteroatoms. The predicted molar refractivity (Wildman–Crippen MR) is 124 cm³/mol. The van der Waals surface area contributed by atoms with Crippen LogP contribution in [0, 0.1) is 6.92 Å². The molecule has 1 atom stereocenters. The van der Waals surface area contributed by atoms with E-state index in [1.165, 1.54) is 10.2 Å². The number of anilines is 1. The Morgan fingerprint density at radius 3 is 2.68 bits per heavy atom. The lowest BCUT2D eigenvalue weighted by molar-refractivity contribution is -0.0355. The Hall–Kier alpha value is -3.53. The minimum absolute atomic E-state index is 0.167. The monoisotopic (exact) mass is 463 g/mol. The van der Waals surface area contributed by atoms with E-state index in [9.17, 15) is 4.79 Å². The Morgan fingerprint density at radius 2 is 2.00 bits per heavy atom. The summed E-state index contributed by atoms with van der Waals surface area (Å²) in [6.45, 7) is 4.46. The van der Waals surface area contributed by atoms with Crippen LogP contribution in [-0.4, -0.2) is 61.4 Å². The van der Waals surface area contributed by atoms with E-state index >= 15 is 0 Å². The van der Waals surface area contributed by atoms with Crippen LogP contribution >= 0.6 is 0 Å². The van der Waals surface area contributed by atoms with Crippen molar-refractivity contribution in [2.45, 2.75) is 44.3 Å². The third-order valence-electron chi connectivity index (χ3n) is 6.72. The van der Waals surface area contributed by atoms with Gasteiger partial charge in [-0.2, -0.15) is 0 Å². The molecule has 34 heavy (non-hydrogen) atoms. The Morgan fingerprint density at radius 1 is 1.21 bits per heavy atom. The first-order chi connectivity index (χ1) is 16.5. The summed E-state index contributed by atoms with van der Waals surface area (Å²) < 4.78 is 13.6. The lowest BCUT2D eigenvalue weighted by Gasteiger charge is -2.38. The maximum atomic E-state index is 12.5. The fourth-order valence-corrected chi connectivity index (χ4v) is 4.61. The van der Waals surface area contributed by atoms with Crippen molar-refractivity contribution >= 4 is 12.0 Å². The zero-order chi connectivity index (χ0) is 23.5. The molecule has 0 unspecified atom stereocenters. The van der Waals surface area contributed by atoms with Gasteiger partial charge in [0, 0.05) is 32.3 Å². The van der Waals surface area contributed by atoms with E-state index in [4.69, 9.17) is 9.47 Å². The molecule has 2 aromatic heterocycles. The number of carbonyl (C=O) groups is 1. The minimum Gasteiger partial charge on any atom is -0.487 e. The molecule has 10 nitrogen and oxygen atoms in total. The predicted octanol–water partition coefficient (Wildman–Crippen LogP) is 3.06. The van der Waals surface area contributed by atoms with E-state index in [2.05, 4.69) is 38.0 Å². The number of hydrogen-bond donors (Lipinski definition) is 1. The van der Waals surface area contributed by atoms with Gasteiger partial charge >= 0.3 is 6.03 Å². The van der Waals surface area contributed by atoms with E-state index in [-0.39, 0.29) is 11.6 Å². The average Bonchev–Trinajstić information content (AvgIpc) is 3.46. The van der Waals surface area contributed by atoms with Crippen molar-refractivity contribution in [3.05, 3.63) is 59.4 Å². The number of rotatable bonds is 5. The number of pyridine rings is 1. The maximum Gasteiger partial charge on any atom is 0.324 e. The summed E-state index contributed by atoms with van der Waals surface area (Å²) in [5.74, 6) is 1.51. The molecule has 1 spiro atoms. The Balaban J connectivity index is 1.12. The first kappa shape index (κ1) is 22.3. The average molecular weight is 464 g/mol. The van der Waals surface area contributed by atoms with E-state index in [0.29, 0.717) is 38.2 Å². The van der Waals surface area contributed by atoms with Gasteiger partial charge in [-0.15, -0.1) is 0 Å². The van der Waals surface area contributed by atoms with Gasteiger partial charge in [-0.25, -0.2) is 9.48 Å². The number of amides is 2. The normalized spacial score (nSPS) is 19.4. The highest BCUT2D eigenvalue weighted by Gasteiger charge is 2.43. The number of hydrogen-bond acceptors (Lipinski definition) is 7. The number of nitrogens with zero attached hydrogens (tertiary/aromatic N) is 6. The highest BCUT2D eigenvalue weighted by atomic mass is 16.5. The van der Waals surface area contributed by atoms with Crippen molar-refractivity contribution in [3.63, 3.8) is 0 Å². The van der Waals surface area contributed by atoms with Crippen molar-refractivity contribution < 1.29 is 14.3 Å². The number of ether oxygens (including phenoxy) is 2. The van der Waals surface area contributed by atoms with Gasteiger partial charge < -0.3 is 14.4 Å². The van der Waals surface area contributed by atoms with E-state index in [0.717, 1.165) is 36.3 Å². The number of aryl methyl sites for hydroxylation is 2. The van der Waals surface area contributed by atoms with Gasteiger partial charge in [-0.3, -0.25) is 10.3 Å². The molecule has 0 bridgehead atoms. The number of tetrazole rings is 1. The fraction of sp³-hybridized carbons (Fsp3) is 0.458. The van der Waals surface area contributed by atoms with Gasteiger partial charge in [0.1, 0.15) is 12.4 Å².